The van der Waals surface area contributed by atoms with E-state index in [1.54, 1.807) is 11.8 Å². The molecular weight excluding hydrogens is 208 g/mol. The first kappa shape index (κ1) is 12.8. The lowest BCUT2D eigenvalue weighted by Crippen LogP contribution is -2.45. The molecular formula is C11H22N2OS. The lowest BCUT2D eigenvalue weighted by Gasteiger charge is -2.17. The number of hydrogen-bond donors (Lipinski definition) is 2. The van der Waals surface area contributed by atoms with Gasteiger partial charge in [-0.15, -0.1) is 11.8 Å². The van der Waals surface area contributed by atoms with Gasteiger partial charge in [-0.05, 0) is 25.7 Å². The third kappa shape index (κ3) is 4.89. The first-order chi connectivity index (χ1) is 7.09. The van der Waals surface area contributed by atoms with E-state index in [0.29, 0.717) is 12.0 Å². The smallest absolute Gasteiger partial charge is 0.238 e. The van der Waals surface area contributed by atoms with Crippen LogP contribution in [0.3, 0.4) is 0 Å². The molecule has 1 heterocycles. The van der Waals surface area contributed by atoms with Gasteiger partial charge in [0, 0.05) is 17.7 Å². The fourth-order valence-electron chi connectivity index (χ4n) is 1.56. The molecule has 0 aliphatic carbocycles. The molecule has 0 aromatic rings. The Labute approximate surface area is 96.8 Å². The molecule has 2 N–H and O–H groups in total. The minimum atomic E-state index is 0.0245. The standard InChI is InChI=1S/C11H22N2OS/c1-8(2)4-5-9(3)13-11(14)10-6-15-7-12-10/h8-10,12H,4-7H2,1-3H3,(H,13,14)/t9-,10-/m0/s1. The Morgan fingerprint density at radius 3 is 2.73 bits per heavy atom. The Balaban J connectivity index is 2.18. The van der Waals surface area contributed by atoms with Crippen molar-refractivity contribution in [2.75, 3.05) is 11.6 Å². The zero-order valence-electron chi connectivity index (χ0n) is 9.88. The van der Waals surface area contributed by atoms with Crippen molar-refractivity contribution in [2.45, 2.75) is 45.7 Å². The summed E-state index contributed by atoms with van der Waals surface area (Å²) in [6.07, 6.45) is 2.25. The Hall–Kier alpha value is -0.220. The van der Waals surface area contributed by atoms with Gasteiger partial charge in [0.05, 0.1) is 6.04 Å². The van der Waals surface area contributed by atoms with E-state index in [9.17, 15) is 4.79 Å². The summed E-state index contributed by atoms with van der Waals surface area (Å²) >= 11 is 1.78. The van der Waals surface area contributed by atoms with Crippen molar-refractivity contribution in [3.8, 4) is 0 Å². The molecule has 0 saturated carbocycles. The first-order valence-electron chi connectivity index (χ1n) is 5.71. The molecule has 3 nitrogen and oxygen atoms in total. The van der Waals surface area contributed by atoms with E-state index in [1.807, 2.05) is 0 Å². The van der Waals surface area contributed by atoms with Crippen LogP contribution in [0.1, 0.15) is 33.6 Å². The van der Waals surface area contributed by atoms with E-state index < -0.39 is 0 Å². The molecule has 0 bridgehead atoms. The normalized spacial score (nSPS) is 23.1. The van der Waals surface area contributed by atoms with Crippen molar-refractivity contribution in [1.29, 1.82) is 0 Å². The number of thioether (sulfide) groups is 1. The van der Waals surface area contributed by atoms with Crippen molar-refractivity contribution in [3.05, 3.63) is 0 Å². The third-order valence-corrected chi connectivity index (χ3v) is 3.54. The Kier molecular flexibility index (Phi) is 5.47. The molecule has 1 aliphatic heterocycles. The fourth-order valence-corrected chi connectivity index (χ4v) is 2.50. The number of rotatable bonds is 5. The van der Waals surface area contributed by atoms with Gasteiger partial charge in [0.1, 0.15) is 0 Å². The average molecular weight is 230 g/mol. The second-order valence-electron chi connectivity index (χ2n) is 4.65. The fraction of sp³-hybridized carbons (Fsp3) is 0.909. The summed E-state index contributed by atoms with van der Waals surface area (Å²) in [5.74, 6) is 2.68. The molecule has 0 radical (unpaired) electrons. The minimum Gasteiger partial charge on any atom is -0.352 e. The van der Waals surface area contributed by atoms with E-state index in [1.165, 1.54) is 6.42 Å². The molecule has 88 valence electrons. The first-order valence-corrected chi connectivity index (χ1v) is 6.86. The highest BCUT2D eigenvalue weighted by Gasteiger charge is 2.23. The van der Waals surface area contributed by atoms with Gasteiger partial charge in [-0.2, -0.15) is 0 Å². The summed E-state index contributed by atoms with van der Waals surface area (Å²) in [6, 6.07) is 0.323. The van der Waals surface area contributed by atoms with Gasteiger partial charge in [-0.1, -0.05) is 13.8 Å². The third-order valence-electron chi connectivity index (χ3n) is 2.60. The number of hydrogen-bond acceptors (Lipinski definition) is 3. The van der Waals surface area contributed by atoms with Gasteiger partial charge in [-0.25, -0.2) is 0 Å². The van der Waals surface area contributed by atoms with E-state index in [-0.39, 0.29) is 11.9 Å². The molecule has 0 spiro atoms. The lowest BCUT2D eigenvalue weighted by molar-refractivity contribution is -0.123. The predicted molar refractivity (Wildman–Crippen MR) is 65.9 cm³/mol. The van der Waals surface area contributed by atoms with Crippen LogP contribution in [-0.4, -0.2) is 29.6 Å². The van der Waals surface area contributed by atoms with Gasteiger partial charge in [0.15, 0.2) is 0 Å². The van der Waals surface area contributed by atoms with Crippen LogP contribution >= 0.6 is 11.8 Å². The van der Waals surface area contributed by atoms with Crippen molar-refractivity contribution in [1.82, 2.24) is 10.6 Å². The topological polar surface area (TPSA) is 41.1 Å². The zero-order chi connectivity index (χ0) is 11.3. The van der Waals surface area contributed by atoms with Crippen LogP contribution < -0.4 is 10.6 Å². The molecule has 1 aliphatic rings. The van der Waals surface area contributed by atoms with Crippen molar-refractivity contribution in [3.63, 3.8) is 0 Å². The zero-order valence-corrected chi connectivity index (χ0v) is 10.7. The van der Waals surface area contributed by atoms with Crippen molar-refractivity contribution < 1.29 is 4.79 Å². The van der Waals surface area contributed by atoms with Crippen molar-refractivity contribution >= 4 is 17.7 Å². The average Bonchev–Trinajstić information content (AvgIpc) is 2.67. The summed E-state index contributed by atoms with van der Waals surface area (Å²) in [7, 11) is 0. The van der Waals surface area contributed by atoms with Gasteiger partial charge in [0.25, 0.3) is 0 Å². The Morgan fingerprint density at radius 1 is 1.47 bits per heavy atom. The van der Waals surface area contributed by atoms with Gasteiger partial charge in [0.2, 0.25) is 5.91 Å². The maximum Gasteiger partial charge on any atom is 0.238 e. The largest absolute Gasteiger partial charge is 0.352 e. The van der Waals surface area contributed by atoms with E-state index in [0.717, 1.165) is 18.1 Å². The van der Waals surface area contributed by atoms with Crippen LogP contribution in [0.5, 0.6) is 0 Å². The molecule has 0 aromatic heterocycles. The highest BCUT2D eigenvalue weighted by molar-refractivity contribution is 7.99. The molecule has 1 rings (SSSR count). The maximum atomic E-state index is 11.7. The highest BCUT2D eigenvalue weighted by atomic mass is 32.2. The lowest BCUT2D eigenvalue weighted by atomic mass is 10.0. The van der Waals surface area contributed by atoms with Gasteiger partial charge < -0.3 is 5.32 Å². The van der Waals surface area contributed by atoms with Gasteiger partial charge in [-0.3, -0.25) is 10.1 Å². The molecule has 4 heteroatoms. The number of carbonyl (C=O) groups excluding carboxylic acids is 1. The highest BCUT2D eigenvalue weighted by Crippen LogP contribution is 2.11. The van der Waals surface area contributed by atoms with Crippen LogP contribution in [0.25, 0.3) is 0 Å². The van der Waals surface area contributed by atoms with Gasteiger partial charge >= 0.3 is 0 Å². The number of amides is 1. The van der Waals surface area contributed by atoms with Crippen LogP contribution in [0, 0.1) is 5.92 Å². The van der Waals surface area contributed by atoms with Crippen LogP contribution in [0.4, 0.5) is 0 Å². The quantitative estimate of drug-likeness (QED) is 0.753. The second kappa shape index (κ2) is 6.38. The summed E-state index contributed by atoms with van der Waals surface area (Å²) < 4.78 is 0. The van der Waals surface area contributed by atoms with Crippen molar-refractivity contribution in [2.24, 2.45) is 5.92 Å². The van der Waals surface area contributed by atoms with Crippen LogP contribution in [0.15, 0.2) is 0 Å². The van der Waals surface area contributed by atoms with Crippen LogP contribution in [0.2, 0.25) is 0 Å². The predicted octanol–water partition coefficient (Wildman–Crippen LogP) is 1.59. The number of nitrogens with one attached hydrogen (secondary N) is 2. The minimum absolute atomic E-state index is 0.0245. The summed E-state index contributed by atoms with van der Waals surface area (Å²) in [6.45, 7) is 6.51. The second-order valence-corrected chi connectivity index (χ2v) is 5.68. The molecule has 0 aromatic carbocycles. The van der Waals surface area contributed by atoms with Crippen LogP contribution in [-0.2, 0) is 4.79 Å². The molecule has 1 fully saturated rings. The summed E-state index contributed by atoms with van der Waals surface area (Å²) in [5.41, 5.74) is 0. The molecule has 1 amide bonds. The molecule has 0 unspecified atom stereocenters. The van der Waals surface area contributed by atoms with E-state index in [2.05, 4.69) is 31.4 Å². The van der Waals surface area contributed by atoms with E-state index in [4.69, 9.17) is 0 Å². The summed E-state index contributed by atoms with van der Waals surface area (Å²) in [5, 5.41) is 6.24. The SMILES string of the molecule is CC(C)CC[C@H](C)NC(=O)[C@@H]1CSCN1. The Morgan fingerprint density at radius 2 is 2.20 bits per heavy atom. The number of carbonyl (C=O) groups is 1. The molecule has 1 saturated heterocycles. The Bertz CT molecular complexity index is 203. The molecule has 2 atom stereocenters. The monoisotopic (exact) mass is 230 g/mol. The van der Waals surface area contributed by atoms with E-state index >= 15 is 0 Å². The molecule has 15 heavy (non-hydrogen) atoms. The maximum absolute atomic E-state index is 11.7. The summed E-state index contributed by atoms with van der Waals surface area (Å²) in [4.78, 5) is 11.7.